The first-order chi connectivity index (χ1) is 10.3. The Balaban J connectivity index is 1.66. The SMILES string of the molecule is COc1ccc2c3c1C(CNC(=O)C1CC1)CC=3CCC=2. The van der Waals surface area contributed by atoms with E-state index in [-0.39, 0.29) is 11.8 Å². The summed E-state index contributed by atoms with van der Waals surface area (Å²) in [5.74, 6) is 1.87. The maximum Gasteiger partial charge on any atom is 0.223 e. The van der Waals surface area contributed by atoms with Gasteiger partial charge >= 0.3 is 0 Å². The van der Waals surface area contributed by atoms with E-state index < -0.39 is 0 Å². The van der Waals surface area contributed by atoms with Crippen LogP contribution in [0.3, 0.4) is 0 Å². The standard InChI is InChI=1S/C18H21NO2/c1-21-15-8-7-11-3-2-4-13-9-14(17(15)16(11)13)10-19-18(20)12-5-6-12/h3,7-8,12,14H,2,4-6,9-10H2,1H3,(H,19,20). The van der Waals surface area contributed by atoms with Crippen LogP contribution in [0.1, 0.15) is 43.6 Å². The Morgan fingerprint density at radius 3 is 3.00 bits per heavy atom. The Bertz CT molecular complexity index is 715. The highest BCUT2D eigenvalue weighted by Crippen LogP contribution is 2.36. The van der Waals surface area contributed by atoms with E-state index in [2.05, 4.69) is 23.5 Å². The summed E-state index contributed by atoms with van der Waals surface area (Å²) in [5.41, 5.74) is 2.86. The van der Waals surface area contributed by atoms with Gasteiger partial charge in [-0.3, -0.25) is 4.79 Å². The molecule has 1 atom stereocenters. The van der Waals surface area contributed by atoms with Crippen LogP contribution in [0.4, 0.5) is 0 Å². The van der Waals surface area contributed by atoms with Crippen molar-refractivity contribution in [3.8, 4) is 5.75 Å². The van der Waals surface area contributed by atoms with Crippen molar-refractivity contribution in [2.24, 2.45) is 5.92 Å². The molecular formula is C18H21NO2. The number of ether oxygens (including phenoxy) is 1. The van der Waals surface area contributed by atoms with Gasteiger partial charge in [0.25, 0.3) is 0 Å². The molecule has 21 heavy (non-hydrogen) atoms. The van der Waals surface area contributed by atoms with Crippen molar-refractivity contribution >= 4 is 17.6 Å². The largest absolute Gasteiger partial charge is 0.496 e. The molecule has 3 aliphatic rings. The molecule has 0 saturated heterocycles. The molecule has 1 fully saturated rings. The van der Waals surface area contributed by atoms with E-state index in [4.69, 9.17) is 4.74 Å². The number of benzene rings is 1. The summed E-state index contributed by atoms with van der Waals surface area (Å²) in [5, 5.41) is 5.90. The minimum absolute atomic E-state index is 0.238. The highest BCUT2D eigenvalue weighted by molar-refractivity contribution is 5.81. The molecular weight excluding hydrogens is 262 g/mol. The van der Waals surface area contributed by atoms with Gasteiger partial charge in [0.15, 0.2) is 0 Å². The van der Waals surface area contributed by atoms with Gasteiger partial charge in [-0.2, -0.15) is 0 Å². The Morgan fingerprint density at radius 2 is 2.24 bits per heavy atom. The Labute approximate surface area is 124 Å². The number of carbonyl (C=O) groups excluding carboxylic acids is 1. The van der Waals surface area contributed by atoms with Crippen LogP contribution >= 0.6 is 0 Å². The van der Waals surface area contributed by atoms with Gasteiger partial charge in [-0.05, 0) is 48.6 Å². The zero-order chi connectivity index (χ0) is 14.4. The van der Waals surface area contributed by atoms with Gasteiger partial charge < -0.3 is 10.1 Å². The molecule has 1 saturated carbocycles. The third kappa shape index (κ3) is 2.15. The van der Waals surface area contributed by atoms with Gasteiger partial charge in [0.1, 0.15) is 5.75 Å². The lowest BCUT2D eigenvalue weighted by Gasteiger charge is -2.16. The smallest absolute Gasteiger partial charge is 0.223 e. The molecule has 3 heteroatoms. The monoisotopic (exact) mass is 283 g/mol. The fourth-order valence-electron chi connectivity index (χ4n) is 3.78. The topological polar surface area (TPSA) is 38.3 Å². The predicted octanol–water partition coefficient (Wildman–Crippen LogP) is 1.43. The molecule has 1 aromatic carbocycles. The third-order valence-electron chi connectivity index (χ3n) is 4.99. The van der Waals surface area contributed by atoms with Crippen molar-refractivity contribution in [3.05, 3.63) is 28.1 Å². The Morgan fingerprint density at radius 1 is 1.38 bits per heavy atom. The van der Waals surface area contributed by atoms with Crippen LogP contribution in [-0.4, -0.2) is 19.6 Å². The lowest BCUT2D eigenvalue weighted by Crippen LogP contribution is -2.33. The van der Waals surface area contributed by atoms with Crippen LogP contribution in [0.25, 0.3) is 11.6 Å². The zero-order valence-electron chi connectivity index (χ0n) is 12.4. The number of hydrogen-bond donors (Lipinski definition) is 1. The van der Waals surface area contributed by atoms with E-state index >= 15 is 0 Å². The van der Waals surface area contributed by atoms with E-state index in [1.807, 2.05) is 0 Å². The van der Waals surface area contributed by atoms with E-state index in [1.165, 1.54) is 16.0 Å². The van der Waals surface area contributed by atoms with Crippen LogP contribution in [0, 0.1) is 5.92 Å². The van der Waals surface area contributed by atoms with Gasteiger partial charge in [0.2, 0.25) is 5.91 Å². The number of methoxy groups -OCH3 is 1. The number of hydrogen-bond acceptors (Lipinski definition) is 2. The summed E-state index contributed by atoms with van der Waals surface area (Å²) in [7, 11) is 1.74. The van der Waals surface area contributed by atoms with E-state index in [1.54, 1.807) is 12.7 Å². The Kier molecular flexibility index (Phi) is 3.02. The highest BCUT2D eigenvalue weighted by atomic mass is 16.5. The van der Waals surface area contributed by atoms with Crippen molar-refractivity contribution in [2.75, 3.05) is 13.7 Å². The summed E-state index contributed by atoms with van der Waals surface area (Å²) < 4.78 is 5.59. The molecule has 0 heterocycles. The van der Waals surface area contributed by atoms with Crippen LogP contribution < -0.4 is 20.5 Å². The normalized spacial score (nSPS) is 22.5. The second-order valence-corrected chi connectivity index (χ2v) is 6.41. The molecule has 1 unspecified atom stereocenters. The van der Waals surface area contributed by atoms with Crippen LogP contribution in [0.5, 0.6) is 5.75 Å². The quantitative estimate of drug-likeness (QED) is 0.908. The van der Waals surface area contributed by atoms with Gasteiger partial charge in [0.05, 0.1) is 7.11 Å². The maximum absolute atomic E-state index is 11.9. The molecule has 0 spiro atoms. The minimum Gasteiger partial charge on any atom is -0.496 e. The van der Waals surface area contributed by atoms with E-state index in [0.29, 0.717) is 5.92 Å². The van der Waals surface area contributed by atoms with Crippen LogP contribution in [0.2, 0.25) is 0 Å². The molecule has 3 nitrogen and oxygen atoms in total. The van der Waals surface area contributed by atoms with Crippen molar-refractivity contribution in [1.82, 2.24) is 5.32 Å². The van der Waals surface area contributed by atoms with Crippen molar-refractivity contribution in [3.63, 3.8) is 0 Å². The lowest BCUT2D eigenvalue weighted by atomic mass is 9.98. The fourth-order valence-corrected chi connectivity index (χ4v) is 3.78. The summed E-state index contributed by atoms with van der Waals surface area (Å²) in [6.45, 7) is 0.742. The maximum atomic E-state index is 11.9. The predicted molar refractivity (Wildman–Crippen MR) is 82.4 cm³/mol. The average Bonchev–Trinajstić information content (AvgIpc) is 3.29. The van der Waals surface area contributed by atoms with Crippen molar-refractivity contribution in [1.29, 1.82) is 0 Å². The number of amides is 1. The van der Waals surface area contributed by atoms with Gasteiger partial charge in [-0.1, -0.05) is 17.7 Å². The third-order valence-corrected chi connectivity index (χ3v) is 4.99. The summed E-state index contributed by atoms with van der Waals surface area (Å²) in [6.07, 6.45) is 7.81. The molecule has 3 aliphatic carbocycles. The molecule has 4 rings (SSSR count). The highest BCUT2D eigenvalue weighted by Gasteiger charge is 2.32. The van der Waals surface area contributed by atoms with Gasteiger partial charge in [-0.25, -0.2) is 0 Å². The molecule has 1 N–H and O–H groups in total. The zero-order valence-corrected chi connectivity index (χ0v) is 12.4. The van der Waals surface area contributed by atoms with Crippen LogP contribution in [0.15, 0.2) is 12.1 Å². The van der Waals surface area contributed by atoms with E-state index in [0.717, 1.165) is 44.4 Å². The van der Waals surface area contributed by atoms with Gasteiger partial charge in [0, 0.05) is 23.9 Å². The number of rotatable bonds is 4. The Hall–Kier alpha value is -1.77. The molecule has 0 aliphatic heterocycles. The molecule has 1 aromatic rings. The first-order valence-corrected chi connectivity index (χ1v) is 7.95. The molecule has 110 valence electrons. The second-order valence-electron chi connectivity index (χ2n) is 6.41. The summed E-state index contributed by atoms with van der Waals surface area (Å²) in [6, 6.07) is 4.25. The van der Waals surface area contributed by atoms with Crippen molar-refractivity contribution < 1.29 is 9.53 Å². The number of carbonyl (C=O) groups is 1. The second kappa shape index (κ2) is 4.90. The number of nitrogens with one attached hydrogen (secondary N) is 1. The minimum atomic E-state index is 0.238. The summed E-state index contributed by atoms with van der Waals surface area (Å²) >= 11 is 0. The molecule has 0 bridgehead atoms. The fraction of sp³-hybridized carbons (Fsp3) is 0.500. The van der Waals surface area contributed by atoms with Crippen LogP contribution in [-0.2, 0) is 4.79 Å². The summed E-state index contributed by atoms with van der Waals surface area (Å²) in [4.78, 5) is 11.9. The molecule has 0 radical (unpaired) electrons. The first-order valence-electron chi connectivity index (χ1n) is 7.95. The van der Waals surface area contributed by atoms with Gasteiger partial charge in [-0.15, -0.1) is 0 Å². The first kappa shape index (κ1) is 12.9. The lowest BCUT2D eigenvalue weighted by molar-refractivity contribution is -0.122. The molecule has 1 amide bonds. The molecule has 0 aromatic heterocycles. The van der Waals surface area contributed by atoms with E-state index in [9.17, 15) is 4.79 Å². The van der Waals surface area contributed by atoms with Crippen molar-refractivity contribution in [2.45, 2.75) is 38.0 Å². The average molecular weight is 283 g/mol.